The summed E-state index contributed by atoms with van der Waals surface area (Å²) in [6.07, 6.45) is 0. The zero-order valence-electron chi connectivity index (χ0n) is 33.4. The second-order valence-corrected chi connectivity index (χ2v) is 17.1. The van der Waals surface area contributed by atoms with Crippen LogP contribution in [0.25, 0.3) is 120 Å². The maximum absolute atomic E-state index is 6.31. The summed E-state index contributed by atoms with van der Waals surface area (Å²) in [6.45, 7) is 4.75. The van der Waals surface area contributed by atoms with Gasteiger partial charge in [-0.25, -0.2) is 0 Å². The molecule has 0 aliphatic heterocycles. The topological polar surface area (TPSA) is 13.1 Å². The third-order valence-electron chi connectivity index (χ3n) is 13.6. The van der Waals surface area contributed by atoms with E-state index in [0.717, 1.165) is 11.2 Å². The van der Waals surface area contributed by atoms with Crippen molar-refractivity contribution in [1.82, 2.24) is 0 Å². The summed E-state index contributed by atoms with van der Waals surface area (Å²) >= 11 is 0. The summed E-state index contributed by atoms with van der Waals surface area (Å²) in [5.41, 5.74) is 14.6. The van der Waals surface area contributed by atoms with Crippen molar-refractivity contribution in [3.63, 3.8) is 0 Å². The summed E-state index contributed by atoms with van der Waals surface area (Å²) < 4.78 is 6.31. The molecule has 0 bridgehead atoms. The van der Waals surface area contributed by atoms with Gasteiger partial charge in [-0.1, -0.05) is 172 Å². The van der Waals surface area contributed by atoms with E-state index < -0.39 is 0 Å². The zero-order chi connectivity index (χ0) is 39.7. The standard InChI is InChI=1S/C59H38O/c1-59(2)53-29-25-37(32-51(53)52-33-38-26-30-56-58(49(38)34-54(52)59)48-20-9-10-24-55(48)60-56)40-27-28-47(44-19-8-7-18-42(40)44)57-41-17-6-4-14-36(41)31-50-45(22-12-23-46(50)57)43-21-11-15-35-13-3-5-16-39(35)43/h3-34H,1-2H3. The second-order valence-electron chi connectivity index (χ2n) is 17.1. The molecule has 0 saturated heterocycles. The largest absolute Gasteiger partial charge is 0.456 e. The molecule has 1 aliphatic carbocycles. The van der Waals surface area contributed by atoms with Crippen LogP contribution in [0.4, 0.5) is 0 Å². The molecule has 13 rings (SSSR count). The van der Waals surface area contributed by atoms with Crippen LogP contribution in [0.5, 0.6) is 0 Å². The first-order chi connectivity index (χ1) is 29.5. The van der Waals surface area contributed by atoms with E-state index in [-0.39, 0.29) is 5.41 Å². The van der Waals surface area contributed by atoms with Crippen LogP contribution in [0.3, 0.4) is 0 Å². The Morgan fingerprint density at radius 2 is 0.933 bits per heavy atom. The highest BCUT2D eigenvalue weighted by Crippen LogP contribution is 2.53. The van der Waals surface area contributed by atoms with Crippen molar-refractivity contribution in [2.24, 2.45) is 0 Å². The highest BCUT2D eigenvalue weighted by molar-refractivity contribution is 6.22. The SMILES string of the molecule is CC1(C)c2ccc(-c3ccc(-c4c5ccccc5cc5c(-c6cccc7ccccc67)cccc45)c4ccccc34)cc2-c2cc3ccc4oc5ccccc5c4c3cc21. The summed E-state index contributed by atoms with van der Waals surface area (Å²) in [6, 6.07) is 72.1. The fourth-order valence-electron chi connectivity index (χ4n) is 10.8. The van der Waals surface area contributed by atoms with Gasteiger partial charge in [0.2, 0.25) is 0 Å². The van der Waals surface area contributed by atoms with E-state index in [1.165, 1.54) is 120 Å². The number of hydrogen-bond donors (Lipinski definition) is 0. The lowest BCUT2D eigenvalue weighted by molar-refractivity contribution is 0.661. The molecule has 1 heteroatoms. The molecule has 0 amide bonds. The van der Waals surface area contributed by atoms with E-state index in [0.29, 0.717) is 0 Å². The van der Waals surface area contributed by atoms with Crippen LogP contribution in [0, 0.1) is 0 Å². The lowest BCUT2D eigenvalue weighted by Crippen LogP contribution is -2.14. The van der Waals surface area contributed by atoms with Crippen molar-refractivity contribution < 1.29 is 4.42 Å². The van der Waals surface area contributed by atoms with Crippen molar-refractivity contribution in [1.29, 1.82) is 0 Å². The van der Waals surface area contributed by atoms with Crippen LogP contribution in [0.1, 0.15) is 25.0 Å². The number of benzene rings is 11. The Balaban J connectivity index is 1.01. The Labute approximate surface area is 347 Å². The monoisotopic (exact) mass is 762 g/mol. The van der Waals surface area contributed by atoms with Crippen LogP contribution < -0.4 is 0 Å². The summed E-state index contributed by atoms with van der Waals surface area (Å²) in [5, 5.41) is 15.0. The maximum atomic E-state index is 6.31. The predicted octanol–water partition coefficient (Wildman–Crippen LogP) is 16.7. The molecule has 0 saturated carbocycles. The third kappa shape index (κ3) is 4.63. The quantitative estimate of drug-likeness (QED) is 0.163. The van der Waals surface area contributed by atoms with Gasteiger partial charge in [0.25, 0.3) is 0 Å². The van der Waals surface area contributed by atoms with Gasteiger partial charge in [0.05, 0.1) is 0 Å². The molecule has 280 valence electrons. The molecule has 0 radical (unpaired) electrons. The minimum Gasteiger partial charge on any atom is -0.456 e. The smallest absolute Gasteiger partial charge is 0.136 e. The summed E-state index contributed by atoms with van der Waals surface area (Å²) in [7, 11) is 0. The van der Waals surface area contributed by atoms with E-state index in [2.05, 4.69) is 202 Å². The van der Waals surface area contributed by atoms with E-state index >= 15 is 0 Å². The number of para-hydroxylation sites is 1. The van der Waals surface area contributed by atoms with Crippen LogP contribution in [0.15, 0.2) is 199 Å². The first kappa shape index (κ1) is 33.5. The van der Waals surface area contributed by atoms with Crippen molar-refractivity contribution in [2.75, 3.05) is 0 Å². The van der Waals surface area contributed by atoms with Gasteiger partial charge in [0, 0.05) is 16.2 Å². The molecule has 1 heterocycles. The predicted molar refractivity (Wildman–Crippen MR) is 255 cm³/mol. The zero-order valence-corrected chi connectivity index (χ0v) is 33.4. The van der Waals surface area contributed by atoms with E-state index in [1.54, 1.807) is 0 Å². The maximum Gasteiger partial charge on any atom is 0.136 e. The molecular formula is C59H38O. The molecule has 1 nitrogen and oxygen atoms in total. The van der Waals surface area contributed by atoms with Crippen molar-refractivity contribution in [3.05, 3.63) is 205 Å². The lowest BCUT2D eigenvalue weighted by Gasteiger charge is -2.22. The van der Waals surface area contributed by atoms with Gasteiger partial charge < -0.3 is 4.42 Å². The average Bonchev–Trinajstić information content (AvgIpc) is 3.78. The molecular weight excluding hydrogens is 725 g/mol. The van der Waals surface area contributed by atoms with Crippen molar-refractivity contribution >= 4 is 75.8 Å². The molecule has 0 spiro atoms. The van der Waals surface area contributed by atoms with Gasteiger partial charge >= 0.3 is 0 Å². The Morgan fingerprint density at radius 1 is 0.317 bits per heavy atom. The first-order valence-corrected chi connectivity index (χ1v) is 21.0. The fourth-order valence-corrected chi connectivity index (χ4v) is 10.8. The summed E-state index contributed by atoms with van der Waals surface area (Å²) in [4.78, 5) is 0. The number of rotatable bonds is 3. The van der Waals surface area contributed by atoms with Gasteiger partial charge in [-0.05, 0) is 146 Å². The van der Waals surface area contributed by atoms with Gasteiger partial charge in [0.1, 0.15) is 11.2 Å². The van der Waals surface area contributed by atoms with Crippen LogP contribution >= 0.6 is 0 Å². The normalized spacial score (nSPS) is 13.3. The number of fused-ring (bicyclic) bond motifs is 12. The summed E-state index contributed by atoms with van der Waals surface area (Å²) in [5.74, 6) is 0. The van der Waals surface area contributed by atoms with Crippen molar-refractivity contribution in [2.45, 2.75) is 19.3 Å². The highest BCUT2D eigenvalue weighted by Gasteiger charge is 2.36. The number of furan rings is 1. The van der Waals surface area contributed by atoms with E-state index in [4.69, 9.17) is 4.42 Å². The second kappa shape index (κ2) is 12.3. The Kier molecular flexibility index (Phi) is 6.85. The highest BCUT2D eigenvalue weighted by atomic mass is 16.3. The third-order valence-corrected chi connectivity index (χ3v) is 13.6. The van der Waals surface area contributed by atoms with Crippen LogP contribution in [0.2, 0.25) is 0 Å². The molecule has 11 aromatic carbocycles. The Hall–Kier alpha value is -7.48. The van der Waals surface area contributed by atoms with Gasteiger partial charge in [-0.15, -0.1) is 0 Å². The van der Waals surface area contributed by atoms with E-state index in [9.17, 15) is 0 Å². The van der Waals surface area contributed by atoms with Crippen LogP contribution in [-0.4, -0.2) is 0 Å². The molecule has 1 aliphatic rings. The molecule has 0 fully saturated rings. The molecule has 0 atom stereocenters. The molecule has 0 N–H and O–H groups in total. The van der Waals surface area contributed by atoms with Crippen LogP contribution in [-0.2, 0) is 5.41 Å². The first-order valence-electron chi connectivity index (χ1n) is 21.0. The Bertz CT molecular complexity index is 3800. The molecule has 60 heavy (non-hydrogen) atoms. The van der Waals surface area contributed by atoms with Gasteiger partial charge in [-0.2, -0.15) is 0 Å². The van der Waals surface area contributed by atoms with E-state index in [1.807, 2.05) is 6.07 Å². The molecule has 1 aromatic heterocycles. The average molecular weight is 763 g/mol. The minimum atomic E-state index is -0.147. The molecule has 0 unspecified atom stereocenters. The van der Waals surface area contributed by atoms with Gasteiger partial charge in [0.15, 0.2) is 0 Å². The minimum absolute atomic E-state index is 0.147. The van der Waals surface area contributed by atoms with Crippen molar-refractivity contribution in [3.8, 4) is 44.5 Å². The van der Waals surface area contributed by atoms with Gasteiger partial charge in [-0.3, -0.25) is 0 Å². The lowest BCUT2D eigenvalue weighted by atomic mass is 9.81. The number of hydrogen-bond acceptors (Lipinski definition) is 1. The Morgan fingerprint density at radius 3 is 1.78 bits per heavy atom. The molecule has 12 aromatic rings. The fraction of sp³-hybridized carbons (Fsp3) is 0.0508.